The van der Waals surface area contributed by atoms with Gasteiger partial charge in [-0.05, 0) is 18.6 Å². The monoisotopic (exact) mass is 353 g/mol. The Bertz CT molecular complexity index is 722. The van der Waals surface area contributed by atoms with E-state index >= 15 is 0 Å². The molecule has 2 aliphatic heterocycles. The number of amides is 2. The van der Waals surface area contributed by atoms with Gasteiger partial charge in [0.2, 0.25) is 10.0 Å². The van der Waals surface area contributed by atoms with E-state index in [-0.39, 0.29) is 23.1 Å². The van der Waals surface area contributed by atoms with Gasteiger partial charge in [0.05, 0.1) is 6.04 Å². The molecule has 7 nitrogen and oxygen atoms in total. The third kappa shape index (κ3) is 2.84. The van der Waals surface area contributed by atoms with Crippen LogP contribution in [0, 0.1) is 0 Å². The van der Waals surface area contributed by atoms with Crippen LogP contribution in [0.25, 0.3) is 0 Å². The highest BCUT2D eigenvalue weighted by molar-refractivity contribution is 7.89. The van der Waals surface area contributed by atoms with Crippen molar-refractivity contribution in [2.45, 2.75) is 36.8 Å². The quantitative estimate of drug-likeness (QED) is 0.824. The number of carbonyl (C=O) groups is 1. The lowest BCUT2D eigenvalue weighted by molar-refractivity contribution is 0.115. The van der Waals surface area contributed by atoms with Crippen LogP contribution in [0.4, 0.5) is 4.79 Å². The molecule has 1 N–H and O–H groups in total. The van der Waals surface area contributed by atoms with Crippen molar-refractivity contribution in [3.8, 4) is 5.75 Å². The third-order valence-electron chi connectivity index (χ3n) is 4.70. The minimum Gasteiger partial charge on any atom is -0.487 e. The fourth-order valence-corrected chi connectivity index (χ4v) is 5.33. The van der Waals surface area contributed by atoms with Gasteiger partial charge in [-0.15, -0.1) is 0 Å². The summed E-state index contributed by atoms with van der Waals surface area (Å²) in [5, 5.41) is 2.63. The van der Waals surface area contributed by atoms with Gasteiger partial charge in [-0.25, -0.2) is 13.2 Å². The van der Waals surface area contributed by atoms with Crippen molar-refractivity contribution in [1.82, 2.24) is 14.5 Å². The molecular weight excluding hydrogens is 330 g/mol. The summed E-state index contributed by atoms with van der Waals surface area (Å²) < 4.78 is 33.7. The second-order valence-electron chi connectivity index (χ2n) is 6.00. The second kappa shape index (κ2) is 6.60. The summed E-state index contributed by atoms with van der Waals surface area (Å²) in [5.41, 5.74) is 0. The first-order valence-corrected chi connectivity index (χ1v) is 9.67. The Balaban J connectivity index is 1.99. The summed E-state index contributed by atoms with van der Waals surface area (Å²) in [5.74, 6) is 0.400. The van der Waals surface area contributed by atoms with Gasteiger partial charge < -0.3 is 15.0 Å². The highest BCUT2D eigenvalue weighted by Gasteiger charge is 2.42. The molecule has 0 radical (unpaired) electrons. The summed E-state index contributed by atoms with van der Waals surface area (Å²) in [6, 6.07) is 6.36. The van der Waals surface area contributed by atoms with Crippen LogP contribution >= 0.6 is 0 Å². The number of para-hydroxylation sites is 1. The van der Waals surface area contributed by atoms with E-state index < -0.39 is 10.0 Å². The van der Waals surface area contributed by atoms with E-state index in [1.165, 1.54) is 4.31 Å². The molecule has 2 aliphatic rings. The lowest BCUT2D eigenvalue weighted by Crippen LogP contribution is -2.47. The Kier molecular flexibility index (Phi) is 4.69. The molecule has 0 unspecified atom stereocenters. The Morgan fingerprint density at radius 1 is 1.29 bits per heavy atom. The molecule has 2 atom stereocenters. The van der Waals surface area contributed by atoms with Crippen LogP contribution in [0.1, 0.15) is 19.8 Å². The first-order chi connectivity index (χ1) is 11.5. The summed E-state index contributed by atoms with van der Waals surface area (Å²) >= 11 is 0. The Morgan fingerprint density at radius 3 is 2.71 bits per heavy atom. The van der Waals surface area contributed by atoms with Crippen LogP contribution in [-0.4, -0.2) is 62.5 Å². The normalized spacial score (nSPS) is 26.3. The van der Waals surface area contributed by atoms with Crippen LogP contribution in [0.3, 0.4) is 0 Å². The number of rotatable bonds is 1. The first kappa shape index (κ1) is 17.0. The van der Waals surface area contributed by atoms with Gasteiger partial charge in [0.1, 0.15) is 16.7 Å². The van der Waals surface area contributed by atoms with Crippen molar-refractivity contribution >= 4 is 16.1 Å². The molecule has 1 aromatic carbocycles. The third-order valence-corrected chi connectivity index (χ3v) is 6.74. The number of urea groups is 1. The fourth-order valence-electron chi connectivity index (χ4n) is 3.52. The summed E-state index contributed by atoms with van der Waals surface area (Å²) in [4.78, 5) is 13.8. The highest BCUT2D eigenvalue weighted by atomic mass is 32.2. The average Bonchev–Trinajstić information content (AvgIpc) is 2.82. The smallest absolute Gasteiger partial charge is 0.317 e. The topological polar surface area (TPSA) is 79.0 Å². The van der Waals surface area contributed by atoms with Gasteiger partial charge in [-0.3, -0.25) is 0 Å². The van der Waals surface area contributed by atoms with Gasteiger partial charge in [0, 0.05) is 33.1 Å². The maximum Gasteiger partial charge on any atom is 0.317 e. The molecule has 0 spiro atoms. The second-order valence-corrected chi connectivity index (χ2v) is 7.86. The molecule has 132 valence electrons. The molecule has 2 heterocycles. The van der Waals surface area contributed by atoms with Gasteiger partial charge in [-0.2, -0.15) is 4.31 Å². The molecule has 0 bridgehead atoms. The molecule has 8 heteroatoms. The maximum absolute atomic E-state index is 13.0. The lowest BCUT2D eigenvalue weighted by atomic mass is 10.1. The summed E-state index contributed by atoms with van der Waals surface area (Å²) in [6.45, 7) is 3.26. The number of fused-ring (bicyclic) bond motifs is 2. The number of hydrogen-bond acceptors (Lipinski definition) is 4. The van der Waals surface area contributed by atoms with Crippen LogP contribution in [0.2, 0.25) is 0 Å². The van der Waals surface area contributed by atoms with Crippen LogP contribution in [0.5, 0.6) is 5.75 Å². The number of likely N-dealkylation sites (N-methyl/N-ethyl adjacent to an activating group) is 1. The molecule has 0 aromatic heterocycles. The highest BCUT2D eigenvalue weighted by Crippen LogP contribution is 2.36. The molecule has 3 rings (SSSR count). The van der Waals surface area contributed by atoms with Crippen molar-refractivity contribution in [1.29, 1.82) is 0 Å². The molecule has 0 aliphatic carbocycles. The molecule has 0 saturated carbocycles. The van der Waals surface area contributed by atoms with E-state index in [9.17, 15) is 13.2 Å². The first-order valence-electron chi connectivity index (χ1n) is 8.23. The standard InChI is InChI=1S/C16H23N3O4S/c1-3-19-12-8-10-18(16(20)17-2)11-9-13(12)23-14-6-4-5-7-15(14)24(19,21)22/h4-7,12-13H,3,8-11H2,1-2H3,(H,17,20)/t12-,13-/m0/s1. The minimum atomic E-state index is -3.61. The van der Waals surface area contributed by atoms with Crippen molar-refractivity contribution in [3.05, 3.63) is 24.3 Å². The van der Waals surface area contributed by atoms with E-state index in [1.54, 1.807) is 36.2 Å². The summed E-state index contributed by atoms with van der Waals surface area (Å²) in [7, 11) is -2.01. The SMILES string of the molecule is CCN1[C@H]2CCN(C(=O)NC)CC[C@@H]2Oc2ccccc2S1(=O)=O. The molecule has 2 amide bonds. The fraction of sp³-hybridized carbons (Fsp3) is 0.562. The van der Waals surface area contributed by atoms with Crippen LogP contribution in [0.15, 0.2) is 29.2 Å². The van der Waals surface area contributed by atoms with Crippen molar-refractivity contribution < 1.29 is 17.9 Å². The zero-order valence-corrected chi connectivity index (χ0v) is 14.8. The summed E-state index contributed by atoms with van der Waals surface area (Å²) in [6.07, 6.45) is 0.885. The van der Waals surface area contributed by atoms with Crippen LogP contribution < -0.4 is 10.1 Å². The number of ether oxygens (including phenoxy) is 1. The lowest BCUT2D eigenvalue weighted by Gasteiger charge is -2.30. The van der Waals surface area contributed by atoms with Gasteiger partial charge in [-0.1, -0.05) is 19.1 Å². The maximum atomic E-state index is 13.0. The number of likely N-dealkylation sites (tertiary alicyclic amines) is 1. The van der Waals surface area contributed by atoms with E-state index in [1.807, 2.05) is 6.92 Å². The van der Waals surface area contributed by atoms with Gasteiger partial charge in [0.15, 0.2) is 0 Å². The predicted molar refractivity (Wildman–Crippen MR) is 89.5 cm³/mol. The molecule has 24 heavy (non-hydrogen) atoms. The zero-order chi connectivity index (χ0) is 17.3. The average molecular weight is 353 g/mol. The zero-order valence-electron chi connectivity index (χ0n) is 13.9. The molecule has 1 saturated heterocycles. The van der Waals surface area contributed by atoms with E-state index in [2.05, 4.69) is 5.32 Å². The van der Waals surface area contributed by atoms with Gasteiger partial charge >= 0.3 is 6.03 Å². The number of nitrogens with zero attached hydrogens (tertiary/aromatic N) is 2. The number of hydrogen-bond donors (Lipinski definition) is 1. The van der Waals surface area contributed by atoms with E-state index in [0.29, 0.717) is 38.2 Å². The molecule has 1 aromatic rings. The number of carbonyl (C=O) groups excluding carboxylic acids is 1. The minimum absolute atomic E-state index is 0.141. The largest absolute Gasteiger partial charge is 0.487 e. The van der Waals surface area contributed by atoms with Crippen molar-refractivity contribution in [3.63, 3.8) is 0 Å². The number of benzene rings is 1. The predicted octanol–water partition coefficient (Wildman–Crippen LogP) is 1.26. The molecular formula is C16H23N3O4S. The van der Waals surface area contributed by atoms with E-state index in [0.717, 1.165) is 0 Å². The van der Waals surface area contributed by atoms with Crippen molar-refractivity contribution in [2.24, 2.45) is 0 Å². The Labute approximate surface area is 142 Å². The van der Waals surface area contributed by atoms with E-state index in [4.69, 9.17) is 4.74 Å². The van der Waals surface area contributed by atoms with Crippen LogP contribution in [-0.2, 0) is 10.0 Å². The number of sulfonamides is 1. The van der Waals surface area contributed by atoms with Crippen molar-refractivity contribution in [2.75, 3.05) is 26.7 Å². The Morgan fingerprint density at radius 2 is 2.00 bits per heavy atom. The Hall–Kier alpha value is -1.80. The molecule has 1 fully saturated rings. The number of nitrogens with one attached hydrogen (secondary N) is 1. The van der Waals surface area contributed by atoms with Gasteiger partial charge in [0.25, 0.3) is 0 Å².